The Bertz CT molecular complexity index is 1400. The number of hydrogen-bond acceptors (Lipinski definition) is 7. The summed E-state index contributed by atoms with van der Waals surface area (Å²) >= 11 is 0. The van der Waals surface area contributed by atoms with Crippen molar-refractivity contribution in [3.05, 3.63) is 72.8 Å². The van der Waals surface area contributed by atoms with Crippen molar-refractivity contribution in [3.8, 4) is 11.1 Å². The molecule has 0 radical (unpaired) electrons. The molecule has 0 bridgehead atoms. The summed E-state index contributed by atoms with van der Waals surface area (Å²) in [5.74, 6) is 1.60. The molecular weight excluding hydrogens is 472 g/mol. The van der Waals surface area contributed by atoms with Crippen LogP contribution in [0.15, 0.2) is 61.6 Å². The van der Waals surface area contributed by atoms with Gasteiger partial charge in [0.2, 0.25) is 0 Å². The van der Waals surface area contributed by atoms with Crippen LogP contribution in [0.2, 0.25) is 0 Å². The Morgan fingerprint density at radius 3 is 2.63 bits per heavy atom. The molecule has 1 aromatic carbocycles. The van der Waals surface area contributed by atoms with Crippen LogP contribution < -0.4 is 10.6 Å². The van der Waals surface area contributed by atoms with Gasteiger partial charge in [0.05, 0.1) is 11.9 Å². The molecule has 1 aliphatic heterocycles. The average molecular weight is 511 g/mol. The van der Waals surface area contributed by atoms with Gasteiger partial charge in [0.25, 0.3) is 0 Å². The van der Waals surface area contributed by atoms with Crippen LogP contribution in [0.4, 0.5) is 11.6 Å². The van der Waals surface area contributed by atoms with Crippen molar-refractivity contribution in [3.63, 3.8) is 0 Å². The molecule has 8 nitrogen and oxygen atoms in total. The number of fused-ring (bicyclic) bond motifs is 1. The predicted octanol–water partition coefficient (Wildman–Crippen LogP) is 5.07. The maximum Gasteiger partial charge on any atom is 0.130 e. The molecule has 0 unspecified atom stereocenters. The van der Waals surface area contributed by atoms with Gasteiger partial charge in [-0.2, -0.15) is 5.10 Å². The first-order valence-corrected chi connectivity index (χ1v) is 13.4. The summed E-state index contributed by atoms with van der Waals surface area (Å²) < 4.78 is 2.02. The first kappa shape index (κ1) is 25.9. The molecule has 198 valence electrons. The number of aryl methyl sites for hydroxylation is 1. The van der Waals surface area contributed by atoms with E-state index >= 15 is 0 Å². The van der Waals surface area contributed by atoms with Gasteiger partial charge in [0.1, 0.15) is 11.6 Å². The molecule has 1 saturated heterocycles. The lowest BCUT2D eigenvalue weighted by Crippen LogP contribution is -2.30. The van der Waals surface area contributed by atoms with Crippen molar-refractivity contribution >= 4 is 28.1 Å². The zero-order valence-electron chi connectivity index (χ0n) is 22.7. The molecule has 1 aliphatic rings. The SMILES string of the molecule is C=C(Nc1cc2cc(-c3cnn(C)c3CN3CCCCC3)ccc2cn1)c1ccnc(NCCN(C)C)c1. The highest BCUT2D eigenvalue weighted by Crippen LogP contribution is 2.29. The summed E-state index contributed by atoms with van der Waals surface area (Å²) in [5, 5.41) is 13.6. The number of aromatic nitrogens is 4. The molecule has 8 heteroatoms. The first-order valence-electron chi connectivity index (χ1n) is 13.4. The highest BCUT2D eigenvalue weighted by Gasteiger charge is 2.17. The van der Waals surface area contributed by atoms with Crippen molar-refractivity contribution < 1.29 is 0 Å². The van der Waals surface area contributed by atoms with Crippen LogP contribution in [0.5, 0.6) is 0 Å². The van der Waals surface area contributed by atoms with Crippen LogP contribution in [-0.4, -0.2) is 69.8 Å². The fourth-order valence-electron chi connectivity index (χ4n) is 4.95. The summed E-state index contributed by atoms with van der Waals surface area (Å²) in [5.41, 5.74) is 5.39. The zero-order chi connectivity index (χ0) is 26.5. The third kappa shape index (κ3) is 6.20. The minimum atomic E-state index is 0.762. The van der Waals surface area contributed by atoms with E-state index in [4.69, 9.17) is 0 Å². The fraction of sp³-hybridized carbons (Fsp3) is 0.367. The lowest BCUT2D eigenvalue weighted by molar-refractivity contribution is 0.216. The van der Waals surface area contributed by atoms with E-state index < -0.39 is 0 Å². The number of rotatable bonds is 10. The van der Waals surface area contributed by atoms with Crippen molar-refractivity contribution in [2.45, 2.75) is 25.8 Å². The Kier molecular flexibility index (Phi) is 8.00. The van der Waals surface area contributed by atoms with Crippen LogP contribution >= 0.6 is 0 Å². The Labute approximate surface area is 225 Å². The molecule has 4 aromatic rings. The van der Waals surface area contributed by atoms with Crippen LogP contribution in [-0.2, 0) is 13.6 Å². The van der Waals surface area contributed by atoms with E-state index in [9.17, 15) is 0 Å². The van der Waals surface area contributed by atoms with Gasteiger partial charge >= 0.3 is 0 Å². The number of hydrogen-bond donors (Lipinski definition) is 2. The summed E-state index contributed by atoms with van der Waals surface area (Å²) in [7, 11) is 6.16. The Morgan fingerprint density at radius 1 is 0.974 bits per heavy atom. The van der Waals surface area contributed by atoms with Crippen molar-refractivity contribution in [1.29, 1.82) is 0 Å². The number of anilines is 2. The van der Waals surface area contributed by atoms with Gasteiger partial charge < -0.3 is 15.5 Å². The highest BCUT2D eigenvalue weighted by atomic mass is 15.3. The van der Waals surface area contributed by atoms with E-state index in [2.05, 4.69) is 80.4 Å². The number of nitrogens with zero attached hydrogens (tertiary/aromatic N) is 6. The van der Waals surface area contributed by atoms with E-state index in [1.165, 1.54) is 36.1 Å². The first-order chi connectivity index (χ1) is 18.5. The molecule has 0 amide bonds. The minimum absolute atomic E-state index is 0.762. The van der Waals surface area contributed by atoms with E-state index in [0.29, 0.717) is 0 Å². The smallest absolute Gasteiger partial charge is 0.130 e. The summed E-state index contributed by atoms with van der Waals surface area (Å²) in [4.78, 5) is 13.7. The molecule has 0 spiro atoms. The molecule has 3 aromatic heterocycles. The lowest BCUT2D eigenvalue weighted by Gasteiger charge is -2.26. The van der Waals surface area contributed by atoms with Crippen LogP contribution in [0.1, 0.15) is 30.5 Å². The summed E-state index contributed by atoms with van der Waals surface area (Å²) in [6.07, 6.45) is 9.61. The molecule has 0 saturated carbocycles. The van der Waals surface area contributed by atoms with Crippen molar-refractivity contribution in [2.75, 3.05) is 50.9 Å². The maximum atomic E-state index is 4.63. The quantitative estimate of drug-likeness (QED) is 0.308. The molecule has 0 aliphatic carbocycles. The number of piperidine rings is 1. The Balaban J connectivity index is 1.33. The van der Waals surface area contributed by atoms with Crippen molar-refractivity contribution in [1.82, 2.24) is 29.5 Å². The van der Waals surface area contributed by atoms with E-state index in [1.54, 1.807) is 6.20 Å². The summed E-state index contributed by atoms with van der Waals surface area (Å²) in [6.45, 7) is 9.28. The van der Waals surface area contributed by atoms with Crippen LogP contribution in [0.25, 0.3) is 27.6 Å². The normalized spacial score (nSPS) is 14.2. The molecule has 38 heavy (non-hydrogen) atoms. The van der Waals surface area contributed by atoms with E-state index in [1.807, 2.05) is 36.3 Å². The van der Waals surface area contributed by atoms with Gasteiger partial charge in [-0.1, -0.05) is 25.1 Å². The molecular formula is C30H38N8. The standard InChI is InChI=1S/C30H38N8/c1-22(23-10-11-31-29(17-23)32-12-15-36(2)3)35-30-18-26-16-24(8-9-25(26)19-33-30)27-20-34-37(4)28(27)21-38-13-6-5-7-14-38/h8-11,16-20H,1,5-7,12-15,21H2,2-4H3,(H,31,32)(H,33,35). The molecule has 2 N–H and O–H groups in total. The van der Waals surface area contributed by atoms with Crippen LogP contribution in [0.3, 0.4) is 0 Å². The van der Waals surface area contributed by atoms with Gasteiger partial charge in [0.15, 0.2) is 0 Å². The second-order valence-electron chi connectivity index (χ2n) is 10.4. The Morgan fingerprint density at radius 2 is 1.82 bits per heavy atom. The predicted molar refractivity (Wildman–Crippen MR) is 157 cm³/mol. The van der Waals surface area contributed by atoms with Gasteiger partial charge in [-0.15, -0.1) is 0 Å². The van der Waals surface area contributed by atoms with Crippen molar-refractivity contribution in [2.24, 2.45) is 7.05 Å². The second kappa shape index (κ2) is 11.8. The topological polar surface area (TPSA) is 74.1 Å². The Hall–Kier alpha value is -3.75. The summed E-state index contributed by atoms with van der Waals surface area (Å²) in [6, 6.07) is 12.6. The third-order valence-corrected chi connectivity index (χ3v) is 7.17. The van der Waals surface area contributed by atoms with Gasteiger partial charge in [-0.25, -0.2) is 9.97 Å². The van der Waals surface area contributed by atoms with E-state index in [-0.39, 0.29) is 0 Å². The van der Waals surface area contributed by atoms with Crippen LogP contribution in [0, 0.1) is 0 Å². The van der Waals surface area contributed by atoms with Gasteiger partial charge in [-0.3, -0.25) is 9.58 Å². The minimum Gasteiger partial charge on any atom is -0.369 e. The largest absolute Gasteiger partial charge is 0.369 e. The number of likely N-dealkylation sites (tertiary alicyclic amines) is 1. The molecule has 0 atom stereocenters. The number of pyridine rings is 2. The molecule has 5 rings (SSSR count). The molecule has 4 heterocycles. The third-order valence-electron chi connectivity index (χ3n) is 7.17. The number of benzene rings is 1. The van der Waals surface area contributed by atoms with Gasteiger partial charge in [0, 0.05) is 61.3 Å². The second-order valence-corrected chi connectivity index (χ2v) is 10.4. The number of likely N-dealkylation sites (N-methyl/N-ethyl adjacent to an activating group) is 1. The fourth-order valence-corrected chi connectivity index (χ4v) is 4.95. The highest BCUT2D eigenvalue weighted by molar-refractivity contribution is 5.90. The van der Waals surface area contributed by atoms with Gasteiger partial charge in [-0.05, 0) is 75.2 Å². The zero-order valence-corrected chi connectivity index (χ0v) is 22.7. The molecule has 1 fully saturated rings. The van der Waals surface area contributed by atoms with E-state index in [0.717, 1.165) is 66.4 Å². The lowest BCUT2D eigenvalue weighted by atomic mass is 10.0. The monoisotopic (exact) mass is 510 g/mol. The maximum absolute atomic E-state index is 4.63. The number of nitrogens with one attached hydrogen (secondary N) is 2. The average Bonchev–Trinajstić information content (AvgIpc) is 3.28.